The highest BCUT2D eigenvalue weighted by Crippen LogP contribution is 2.30. The fourth-order valence-corrected chi connectivity index (χ4v) is 3.01. The molecular formula is C18H26BrNO. The molecule has 0 atom stereocenters. The summed E-state index contributed by atoms with van der Waals surface area (Å²) in [5.74, 6) is 1.02. The van der Waals surface area contributed by atoms with Crippen molar-refractivity contribution in [2.75, 3.05) is 29.9 Å². The molecule has 0 N–H and O–H groups in total. The van der Waals surface area contributed by atoms with Crippen molar-refractivity contribution in [1.82, 2.24) is 0 Å². The van der Waals surface area contributed by atoms with E-state index in [4.69, 9.17) is 4.74 Å². The zero-order chi connectivity index (χ0) is 15.1. The highest BCUT2D eigenvalue weighted by atomic mass is 79.9. The lowest BCUT2D eigenvalue weighted by atomic mass is 10.0. The average Bonchev–Trinajstić information content (AvgIpc) is 2.49. The predicted octanol–water partition coefficient (Wildman–Crippen LogP) is 4.96. The minimum absolute atomic E-state index is 0.811. The van der Waals surface area contributed by atoms with E-state index in [1.165, 1.54) is 36.1 Å². The van der Waals surface area contributed by atoms with E-state index in [0.29, 0.717) is 0 Å². The number of benzene rings is 1. The Morgan fingerprint density at radius 3 is 2.95 bits per heavy atom. The summed E-state index contributed by atoms with van der Waals surface area (Å²) in [5.41, 5.74) is 4.20. The number of unbranched alkanes of at least 4 members (excludes halogenated alkanes) is 1. The van der Waals surface area contributed by atoms with Crippen LogP contribution >= 0.6 is 15.9 Å². The van der Waals surface area contributed by atoms with Gasteiger partial charge >= 0.3 is 0 Å². The number of rotatable bonds is 7. The maximum absolute atomic E-state index is 5.86. The number of nitrogens with zero attached hydrogens (tertiary/aromatic N) is 1. The first kappa shape index (κ1) is 16.4. The minimum atomic E-state index is 0.811. The van der Waals surface area contributed by atoms with Crippen LogP contribution in [0.15, 0.2) is 29.8 Å². The second kappa shape index (κ2) is 8.47. The Kier molecular flexibility index (Phi) is 6.62. The number of anilines is 1. The molecule has 0 radical (unpaired) electrons. The Hall–Kier alpha value is -0.960. The second-order valence-electron chi connectivity index (χ2n) is 5.87. The third-order valence-electron chi connectivity index (χ3n) is 3.78. The van der Waals surface area contributed by atoms with Gasteiger partial charge in [-0.1, -0.05) is 27.6 Å². The monoisotopic (exact) mass is 351 g/mol. The normalized spacial score (nSPS) is 13.8. The van der Waals surface area contributed by atoms with Crippen molar-refractivity contribution < 1.29 is 4.74 Å². The predicted molar refractivity (Wildman–Crippen MR) is 94.9 cm³/mol. The molecule has 0 saturated heterocycles. The minimum Gasteiger partial charge on any atom is -0.494 e. The number of allylic oxidation sites excluding steroid dienone is 1. The number of hydrogen-bond donors (Lipinski definition) is 0. The number of ether oxygens (including phenoxy) is 1. The van der Waals surface area contributed by atoms with E-state index in [1.807, 2.05) is 0 Å². The van der Waals surface area contributed by atoms with Gasteiger partial charge in [-0.2, -0.15) is 0 Å². The van der Waals surface area contributed by atoms with Crippen molar-refractivity contribution in [1.29, 1.82) is 0 Å². The van der Waals surface area contributed by atoms with Gasteiger partial charge < -0.3 is 9.64 Å². The van der Waals surface area contributed by atoms with Crippen LogP contribution in [0.4, 0.5) is 5.69 Å². The van der Waals surface area contributed by atoms with Crippen LogP contribution in [-0.2, 0) is 6.42 Å². The summed E-state index contributed by atoms with van der Waals surface area (Å²) in [5, 5.41) is 1.06. The third-order valence-corrected chi connectivity index (χ3v) is 4.34. The van der Waals surface area contributed by atoms with Crippen LogP contribution in [-0.4, -0.2) is 25.0 Å². The zero-order valence-corrected chi connectivity index (χ0v) is 14.8. The summed E-state index contributed by atoms with van der Waals surface area (Å²) in [6.45, 7) is 7.30. The molecule has 1 aromatic rings. The van der Waals surface area contributed by atoms with Gasteiger partial charge in [0.1, 0.15) is 5.75 Å². The van der Waals surface area contributed by atoms with Gasteiger partial charge in [-0.15, -0.1) is 0 Å². The Morgan fingerprint density at radius 2 is 2.19 bits per heavy atom. The Morgan fingerprint density at radius 1 is 1.33 bits per heavy atom. The molecule has 116 valence electrons. The molecule has 0 saturated carbocycles. The summed E-state index contributed by atoms with van der Waals surface area (Å²) in [7, 11) is 0. The molecule has 1 heterocycles. The number of halogens is 1. The molecule has 1 aromatic carbocycles. The van der Waals surface area contributed by atoms with E-state index < -0.39 is 0 Å². The van der Waals surface area contributed by atoms with Crippen LogP contribution < -0.4 is 9.64 Å². The van der Waals surface area contributed by atoms with Gasteiger partial charge in [0.15, 0.2) is 0 Å². The fourth-order valence-electron chi connectivity index (χ4n) is 2.61. The van der Waals surface area contributed by atoms with Crippen LogP contribution in [0, 0.1) is 0 Å². The number of aryl methyl sites for hydroxylation is 1. The SMILES string of the molecule is CC(C)=CCN1CCCc2cc(OCCCCBr)ccc21. The lowest BCUT2D eigenvalue weighted by molar-refractivity contribution is 0.309. The molecule has 0 amide bonds. The Bertz CT molecular complexity index is 480. The van der Waals surface area contributed by atoms with E-state index >= 15 is 0 Å². The summed E-state index contributed by atoms with van der Waals surface area (Å²) in [6.07, 6.45) is 6.98. The number of fused-ring (bicyclic) bond motifs is 1. The first-order chi connectivity index (χ1) is 10.2. The van der Waals surface area contributed by atoms with E-state index in [-0.39, 0.29) is 0 Å². The molecule has 1 aliphatic heterocycles. The van der Waals surface area contributed by atoms with E-state index in [2.05, 4.69) is 59.0 Å². The molecule has 0 aromatic heterocycles. The highest BCUT2D eigenvalue weighted by Gasteiger charge is 2.16. The third kappa shape index (κ3) is 5.06. The van der Waals surface area contributed by atoms with Crippen LogP contribution in [0.5, 0.6) is 5.75 Å². The van der Waals surface area contributed by atoms with Crippen LogP contribution in [0.3, 0.4) is 0 Å². The van der Waals surface area contributed by atoms with E-state index in [1.54, 1.807) is 0 Å². The number of hydrogen-bond acceptors (Lipinski definition) is 2. The number of alkyl halides is 1. The first-order valence-electron chi connectivity index (χ1n) is 7.90. The van der Waals surface area contributed by atoms with Gasteiger partial charge in [0.25, 0.3) is 0 Å². The quantitative estimate of drug-likeness (QED) is 0.391. The summed E-state index contributed by atoms with van der Waals surface area (Å²) in [4.78, 5) is 2.47. The van der Waals surface area contributed by atoms with Crippen molar-refractivity contribution in [2.45, 2.75) is 39.5 Å². The zero-order valence-electron chi connectivity index (χ0n) is 13.2. The van der Waals surface area contributed by atoms with Gasteiger partial charge in [0.2, 0.25) is 0 Å². The molecule has 2 rings (SSSR count). The maximum Gasteiger partial charge on any atom is 0.119 e. The first-order valence-corrected chi connectivity index (χ1v) is 9.03. The van der Waals surface area contributed by atoms with Gasteiger partial charge in [-0.25, -0.2) is 0 Å². The van der Waals surface area contributed by atoms with Gasteiger partial charge in [0, 0.05) is 24.1 Å². The Labute approximate surface area is 137 Å². The highest BCUT2D eigenvalue weighted by molar-refractivity contribution is 9.09. The second-order valence-corrected chi connectivity index (χ2v) is 6.66. The molecule has 1 aliphatic rings. The van der Waals surface area contributed by atoms with Gasteiger partial charge in [-0.05, 0) is 63.3 Å². The lowest BCUT2D eigenvalue weighted by Crippen LogP contribution is -2.29. The maximum atomic E-state index is 5.86. The smallest absolute Gasteiger partial charge is 0.119 e. The standard InChI is InChI=1S/C18H26BrNO/c1-15(2)9-12-20-11-5-6-16-14-17(7-8-18(16)20)21-13-4-3-10-19/h7-9,14H,3-6,10-13H2,1-2H3. The largest absolute Gasteiger partial charge is 0.494 e. The molecule has 2 nitrogen and oxygen atoms in total. The summed E-state index contributed by atoms with van der Waals surface area (Å²) in [6, 6.07) is 6.58. The average molecular weight is 352 g/mol. The van der Waals surface area contributed by atoms with Crippen LogP contribution in [0.25, 0.3) is 0 Å². The Balaban J connectivity index is 2.00. The van der Waals surface area contributed by atoms with Crippen molar-refractivity contribution in [3.63, 3.8) is 0 Å². The summed E-state index contributed by atoms with van der Waals surface area (Å²) < 4.78 is 5.86. The van der Waals surface area contributed by atoms with Gasteiger partial charge in [0.05, 0.1) is 6.61 Å². The van der Waals surface area contributed by atoms with Crippen LogP contribution in [0.1, 0.15) is 38.7 Å². The molecule has 0 spiro atoms. The molecule has 0 unspecified atom stereocenters. The molecule has 3 heteroatoms. The molecule has 0 bridgehead atoms. The topological polar surface area (TPSA) is 12.5 Å². The van der Waals surface area contributed by atoms with Crippen molar-refractivity contribution in [2.24, 2.45) is 0 Å². The van der Waals surface area contributed by atoms with Crippen molar-refractivity contribution >= 4 is 21.6 Å². The van der Waals surface area contributed by atoms with E-state index in [9.17, 15) is 0 Å². The lowest BCUT2D eigenvalue weighted by Gasteiger charge is -2.31. The van der Waals surface area contributed by atoms with Crippen LogP contribution in [0.2, 0.25) is 0 Å². The molecule has 21 heavy (non-hydrogen) atoms. The summed E-state index contributed by atoms with van der Waals surface area (Å²) >= 11 is 3.45. The molecule has 0 aliphatic carbocycles. The molecular weight excluding hydrogens is 326 g/mol. The van der Waals surface area contributed by atoms with Gasteiger partial charge in [-0.3, -0.25) is 0 Å². The fraction of sp³-hybridized carbons (Fsp3) is 0.556. The van der Waals surface area contributed by atoms with Crippen molar-refractivity contribution in [3.8, 4) is 5.75 Å². The molecule has 0 fully saturated rings. The van der Waals surface area contributed by atoms with Crippen molar-refractivity contribution in [3.05, 3.63) is 35.4 Å². The van der Waals surface area contributed by atoms with E-state index in [0.717, 1.165) is 37.2 Å².